The lowest BCUT2D eigenvalue weighted by Gasteiger charge is -2.34. The number of hydrogen-bond acceptors (Lipinski definition) is 4. The van der Waals surface area contributed by atoms with Gasteiger partial charge in [-0.05, 0) is 31.0 Å². The highest BCUT2D eigenvalue weighted by Gasteiger charge is 2.37. The lowest BCUT2D eigenvalue weighted by atomic mass is 10.1. The minimum absolute atomic E-state index is 0.147. The molecular formula is C16H17ClN2O5. The van der Waals surface area contributed by atoms with E-state index in [1.807, 2.05) is 0 Å². The van der Waals surface area contributed by atoms with Gasteiger partial charge in [0.15, 0.2) is 6.10 Å². The maximum absolute atomic E-state index is 12.6. The first-order valence-corrected chi connectivity index (χ1v) is 8.10. The SMILES string of the molecule is O=C(O)CC1Oc2ccc(Cl)cc2N(CC(=O)N2CCCC2)C1=O. The zero-order valence-electron chi connectivity index (χ0n) is 12.9. The third-order valence-corrected chi connectivity index (χ3v) is 4.37. The molecule has 1 atom stereocenters. The van der Waals surface area contributed by atoms with E-state index in [-0.39, 0.29) is 12.5 Å². The second-order valence-corrected chi connectivity index (χ2v) is 6.27. The molecule has 7 nitrogen and oxygen atoms in total. The van der Waals surface area contributed by atoms with Gasteiger partial charge in [-0.25, -0.2) is 0 Å². The fourth-order valence-corrected chi connectivity index (χ4v) is 3.12. The van der Waals surface area contributed by atoms with Gasteiger partial charge in [0.25, 0.3) is 5.91 Å². The van der Waals surface area contributed by atoms with Crippen LogP contribution in [0.2, 0.25) is 5.02 Å². The summed E-state index contributed by atoms with van der Waals surface area (Å²) in [4.78, 5) is 39.0. The summed E-state index contributed by atoms with van der Waals surface area (Å²) in [6.07, 6.45) is 0.289. The quantitative estimate of drug-likeness (QED) is 0.888. The van der Waals surface area contributed by atoms with Crippen molar-refractivity contribution in [3.05, 3.63) is 23.2 Å². The van der Waals surface area contributed by atoms with Crippen molar-refractivity contribution in [2.24, 2.45) is 0 Å². The molecule has 128 valence electrons. The lowest BCUT2D eigenvalue weighted by molar-refractivity contribution is -0.142. The number of carboxylic acid groups (broad SMARTS) is 1. The summed E-state index contributed by atoms with van der Waals surface area (Å²) in [5.41, 5.74) is 0.390. The lowest BCUT2D eigenvalue weighted by Crippen LogP contribution is -2.50. The van der Waals surface area contributed by atoms with Gasteiger partial charge in [-0.2, -0.15) is 0 Å². The molecule has 0 saturated carbocycles. The van der Waals surface area contributed by atoms with Crippen LogP contribution in [0.4, 0.5) is 5.69 Å². The Balaban J connectivity index is 1.88. The Hall–Kier alpha value is -2.28. The molecule has 1 fully saturated rings. The van der Waals surface area contributed by atoms with Crippen molar-refractivity contribution in [2.75, 3.05) is 24.5 Å². The number of fused-ring (bicyclic) bond motifs is 1. The first kappa shape index (κ1) is 16.6. The largest absolute Gasteiger partial charge is 0.481 e. The van der Waals surface area contributed by atoms with E-state index >= 15 is 0 Å². The van der Waals surface area contributed by atoms with Crippen LogP contribution in [0.25, 0.3) is 0 Å². The number of ether oxygens (including phenoxy) is 1. The molecule has 0 spiro atoms. The summed E-state index contributed by atoms with van der Waals surface area (Å²) in [5, 5.41) is 9.37. The maximum Gasteiger partial charge on any atom is 0.307 e. The Kier molecular flexibility index (Phi) is 4.62. The normalized spacial score (nSPS) is 19.9. The van der Waals surface area contributed by atoms with E-state index in [1.165, 1.54) is 4.90 Å². The number of carbonyl (C=O) groups is 3. The van der Waals surface area contributed by atoms with Crippen molar-refractivity contribution in [1.82, 2.24) is 4.90 Å². The number of carbonyl (C=O) groups excluding carboxylic acids is 2. The second kappa shape index (κ2) is 6.68. The Morgan fingerprint density at radius 3 is 2.67 bits per heavy atom. The summed E-state index contributed by atoms with van der Waals surface area (Å²) in [6.45, 7) is 1.21. The highest BCUT2D eigenvalue weighted by atomic mass is 35.5. The average Bonchev–Trinajstić information content (AvgIpc) is 3.06. The monoisotopic (exact) mass is 352 g/mol. The summed E-state index contributed by atoms with van der Waals surface area (Å²) in [7, 11) is 0. The molecule has 0 radical (unpaired) electrons. The zero-order chi connectivity index (χ0) is 17.3. The van der Waals surface area contributed by atoms with E-state index in [0.29, 0.717) is 29.5 Å². The molecule has 24 heavy (non-hydrogen) atoms. The van der Waals surface area contributed by atoms with Gasteiger partial charge in [0.05, 0.1) is 12.1 Å². The number of anilines is 1. The summed E-state index contributed by atoms with van der Waals surface area (Å²) in [6, 6.07) is 4.71. The van der Waals surface area contributed by atoms with Crippen molar-refractivity contribution < 1.29 is 24.2 Å². The minimum atomic E-state index is -1.15. The summed E-state index contributed by atoms with van der Waals surface area (Å²) >= 11 is 5.99. The van der Waals surface area contributed by atoms with E-state index in [4.69, 9.17) is 21.4 Å². The number of halogens is 1. The smallest absolute Gasteiger partial charge is 0.307 e. The van der Waals surface area contributed by atoms with Crippen molar-refractivity contribution >= 4 is 35.1 Å². The molecule has 0 aliphatic carbocycles. The van der Waals surface area contributed by atoms with Crippen LogP contribution in [-0.2, 0) is 14.4 Å². The van der Waals surface area contributed by atoms with Crippen molar-refractivity contribution in [2.45, 2.75) is 25.4 Å². The number of nitrogens with zero attached hydrogens (tertiary/aromatic N) is 2. The van der Waals surface area contributed by atoms with E-state index in [1.54, 1.807) is 23.1 Å². The standard InChI is InChI=1S/C16H17ClN2O5/c17-10-3-4-12-11(7-10)19(9-14(20)18-5-1-2-6-18)16(23)13(24-12)8-15(21)22/h3-4,7,13H,1-2,5-6,8-9H2,(H,21,22). The topological polar surface area (TPSA) is 87.2 Å². The molecule has 2 aliphatic heterocycles. The number of likely N-dealkylation sites (tertiary alicyclic amines) is 1. The molecule has 1 N–H and O–H groups in total. The predicted octanol–water partition coefficient (Wildman–Crippen LogP) is 1.53. The molecule has 2 aliphatic rings. The van der Waals surface area contributed by atoms with Crippen molar-refractivity contribution in [3.63, 3.8) is 0 Å². The van der Waals surface area contributed by atoms with Gasteiger partial charge in [-0.1, -0.05) is 11.6 Å². The van der Waals surface area contributed by atoms with E-state index in [9.17, 15) is 14.4 Å². The van der Waals surface area contributed by atoms with Crippen molar-refractivity contribution in [1.29, 1.82) is 0 Å². The number of benzene rings is 1. The van der Waals surface area contributed by atoms with Crippen LogP contribution in [0.3, 0.4) is 0 Å². The first-order chi connectivity index (χ1) is 11.5. The Bertz CT molecular complexity index is 687. The number of hydrogen-bond donors (Lipinski definition) is 1. The predicted molar refractivity (Wildman–Crippen MR) is 86.3 cm³/mol. The van der Waals surface area contributed by atoms with Crippen LogP contribution < -0.4 is 9.64 Å². The molecule has 0 aromatic heterocycles. The minimum Gasteiger partial charge on any atom is -0.481 e. The van der Waals surface area contributed by atoms with Gasteiger partial charge < -0.3 is 14.7 Å². The molecule has 1 aromatic rings. The number of rotatable bonds is 4. The highest BCUT2D eigenvalue weighted by Crippen LogP contribution is 2.36. The summed E-state index contributed by atoms with van der Waals surface area (Å²) in [5.74, 6) is -1.50. The van der Waals surface area contributed by atoms with E-state index in [2.05, 4.69) is 0 Å². The molecule has 1 saturated heterocycles. The molecule has 3 rings (SSSR count). The molecule has 0 bridgehead atoms. The van der Waals surface area contributed by atoms with E-state index in [0.717, 1.165) is 12.8 Å². The molecule has 8 heteroatoms. The van der Waals surface area contributed by atoms with Crippen LogP contribution >= 0.6 is 11.6 Å². The van der Waals surface area contributed by atoms with Crippen LogP contribution in [0.1, 0.15) is 19.3 Å². The molecular weight excluding hydrogens is 336 g/mol. The maximum atomic E-state index is 12.6. The number of carboxylic acids is 1. The highest BCUT2D eigenvalue weighted by molar-refractivity contribution is 6.31. The Morgan fingerprint density at radius 1 is 1.29 bits per heavy atom. The molecule has 1 unspecified atom stereocenters. The van der Waals surface area contributed by atoms with Gasteiger partial charge in [0.1, 0.15) is 12.3 Å². The molecule has 2 heterocycles. The molecule has 2 amide bonds. The zero-order valence-corrected chi connectivity index (χ0v) is 13.7. The molecule has 1 aromatic carbocycles. The third kappa shape index (κ3) is 3.31. The van der Waals surface area contributed by atoms with Gasteiger partial charge in [0.2, 0.25) is 5.91 Å². The fourth-order valence-electron chi connectivity index (χ4n) is 2.95. The van der Waals surface area contributed by atoms with E-state index < -0.39 is 24.4 Å². The second-order valence-electron chi connectivity index (χ2n) is 5.83. The Morgan fingerprint density at radius 2 is 2.00 bits per heavy atom. The van der Waals surface area contributed by atoms with Crippen LogP contribution in [-0.4, -0.2) is 53.5 Å². The first-order valence-electron chi connectivity index (χ1n) is 7.73. The summed E-state index contributed by atoms with van der Waals surface area (Å²) < 4.78 is 5.49. The van der Waals surface area contributed by atoms with Crippen LogP contribution in [0, 0.1) is 0 Å². The Labute approximate surface area is 143 Å². The fraction of sp³-hybridized carbons (Fsp3) is 0.438. The van der Waals surface area contributed by atoms with Gasteiger partial charge in [-0.3, -0.25) is 19.3 Å². The average molecular weight is 353 g/mol. The third-order valence-electron chi connectivity index (χ3n) is 4.13. The van der Waals surface area contributed by atoms with Gasteiger partial charge in [0, 0.05) is 18.1 Å². The number of amides is 2. The van der Waals surface area contributed by atoms with Crippen molar-refractivity contribution in [3.8, 4) is 5.75 Å². The van der Waals surface area contributed by atoms with Gasteiger partial charge in [-0.15, -0.1) is 0 Å². The number of aliphatic carboxylic acids is 1. The van der Waals surface area contributed by atoms with Crippen LogP contribution in [0.15, 0.2) is 18.2 Å². The van der Waals surface area contributed by atoms with Crippen LogP contribution in [0.5, 0.6) is 5.75 Å². The van der Waals surface area contributed by atoms with Gasteiger partial charge >= 0.3 is 5.97 Å².